The minimum absolute atomic E-state index is 0.0261. The molecule has 0 aliphatic heterocycles. The van der Waals surface area contributed by atoms with Crippen LogP contribution < -0.4 is 0 Å². The molecular weight excluding hydrogens is 242 g/mol. The van der Waals surface area contributed by atoms with Crippen LogP contribution in [0.1, 0.15) is 12.5 Å². The maximum atomic E-state index is 10.8. The third-order valence-corrected chi connectivity index (χ3v) is 3.53. The van der Waals surface area contributed by atoms with E-state index in [0.29, 0.717) is 10.6 Å². The van der Waals surface area contributed by atoms with Crippen molar-refractivity contribution in [1.82, 2.24) is 0 Å². The first-order valence-corrected chi connectivity index (χ1v) is 6.01. The quantitative estimate of drug-likeness (QED) is 0.497. The molecule has 0 spiro atoms. The number of hydrogen-bond acceptors (Lipinski definition) is 4. The van der Waals surface area contributed by atoms with Crippen LogP contribution >= 0.6 is 11.8 Å². The second-order valence-corrected chi connectivity index (χ2v) is 4.84. The van der Waals surface area contributed by atoms with Crippen molar-refractivity contribution in [3.8, 4) is 0 Å². The van der Waals surface area contributed by atoms with E-state index in [1.54, 1.807) is 19.1 Å². The smallest absolute Gasteiger partial charge is 0.307 e. The highest BCUT2D eigenvalue weighted by Crippen LogP contribution is 2.31. The Morgan fingerprint density at radius 1 is 1.59 bits per heavy atom. The highest BCUT2D eigenvalue weighted by molar-refractivity contribution is 7.99. The zero-order valence-electron chi connectivity index (χ0n) is 9.54. The fourth-order valence-corrected chi connectivity index (χ4v) is 2.31. The van der Waals surface area contributed by atoms with Gasteiger partial charge in [-0.1, -0.05) is 13.0 Å². The lowest BCUT2D eigenvalue weighted by Gasteiger charge is -2.07. The van der Waals surface area contributed by atoms with Crippen LogP contribution in [0, 0.1) is 23.0 Å². The largest absolute Gasteiger partial charge is 0.481 e. The normalized spacial score (nSPS) is 12.1. The molecule has 1 aromatic rings. The minimum Gasteiger partial charge on any atom is -0.481 e. The summed E-state index contributed by atoms with van der Waals surface area (Å²) in [5.41, 5.74) is 0.944. The van der Waals surface area contributed by atoms with E-state index in [1.807, 2.05) is 6.92 Å². The molecule has 92 valence electrons. The summed E-state index contributed by atoms with van der Waals surface area (Å²) in [5, 5.41) is 19.5. The molecule has 0 saturated heterocycles. The van der Waals surface area contributed by atoms with E-state index in [1.165, 1.54) is 17.8 Å². The lowest BCUT2D eigenvalue weighted by molar-refractivity contribution is -0.387. The van der Waals surface area contributed by atoms with Gasteiger partial charge in [0.25, 0.3) is 5.69 Å². The van der Waals surface area contributed by atoms with Crippen molar-refractivity contribution in [2.24, 2.45) is 5.92 Å². The van der Waals surface area contributed by atoms with Gasteiger partial charge in [-0.05, 0) is 18.6 Å². The van der Waals surface area contributed by atoms with Crippen molar-refractivity contribution in [3.63, 3.8) is 0 Å². The van der Waals surface area contributed by atoms with E-state index in [2.05, 4.69) is 0 Å². The standard InChI is InChI=1S/C11H13NO4S/c1-7-3-4-9(12(15)16)10(5-7)17-6-8(2)11(13)14/h3-5,8H,6H2,1-2H3,(H,13,14). The molecule has 6 heteroatoms. The summed E-state index contributed by atoms with van der Waals surface area (Å²) in [4.78, 5) is 21.5. The summed E-state index contributed by atoms with van der Waals surface area (Å²) < 4.78 is 0. The van der Waals surface area contributed by atoms with Crippen LogP contribution in [0.2, 0.25) is 0 Å². The number of carboxylic acids is 1. The summed E-state index contributed by atoms with van der Waals surface area (Å²) in [7, 11) is 0. The topological polar surface area (TPSA) is 80.4 Å². The molecule has 0 aliphatic rings. The summed E-state index contributed by atoms with van der Waals surface area (Å²) in [5.74, 6) is -1.10. The first-order chi connectivity index (χ1) is 7.91. The van der Waals surface area contributed by atoms with E-state index < -0.39 is 16.8 Å². The Hall–Kier alpha value is -1.56. The highest BCUT2D eigenvalue weighted by atomic mass is 32.2. The van der Waals surface area contributed by atoms with E-state index in [0.717, 1.165) is 5.56 Å². The number of aryl methyl sites for hydroxylation is 1. The van der Waals surface area contributed by atoms with Gasteiger partial charge in [-0.15, -0.1) is 11.8 Å². The van der Waals surface area contributed by atoms with E-state index in [4.69, 9.17) is 5.11 Å². The average molecular weight is 255 g/mol. The van der Waals surface area contributed by atoms with Gasteiger partial charge in [0.15, 0.2) is 0 Å². The molecule has 1 atom stereocenters. The second kappa shape index (κ2) is 5.67. The third kappa shape index (κ3) is 3.74. The van der Waals surface area contributed by atoms with Crippen molar-refractivity contribution < 1.29 is 14.8 Å². The number of benzene rings is 1. The Bertz CT molecular complexity index is 447. The van der Waals surface area contributed by atoms with Crippen LogP contribution in [0.3, 0.4) is 0 Å². The predicted molar refractivity (Wildman–Crippen MR) is 65.4 cm³/mol. The molecule has 1 aromatic carbocycles. The minimum atomic E-state index is -0.896. The average Bonchev–Trinajstić information content (AvgIpc) is 2.25. The SMILES string of the molecule is Cc1ccc([N+](=O)[O-])c(SCC(C)C(=O)O)c1. The van der Waals surface area contributed by atoms with E-state index in [-0.39, 0.29) is 5.69 Å². The molecule has 0 bridgehead atoms. The lowest BCUT2D eigenvalue weighted by atomic mass is 10.2. The first-order valence-electron chi connectivity index (χ1n) is 5.02. The fraction of sp³-hybridized carbons (Fsp3) is 0.364. The monoisotopic (exact) mass is 255 g/mol. The van der Waals surface area contributed by atoms with Crippen LogP contribution in [-0.2, 0) is 4.79 Å². The summed E-state index contributed by atoms with van der Waals surface area (Å²) in [6.07, 6.45) is 0. The van der Waals surface area contributed by atoms with Crippen molar-refractivity contribution in [3.05, 3.63) is 33.9 Å². The summed E-state index contributed by atoms with van der Waals surface area (Å²) in [6.45, 7) is 3.42. The number of aliphatic carboxylic acids is 1. The fourth-order valence-electron chi connectivity index (χ4n) is 1.17. The Morgan fingerprint density at radius 3 is 2.76 bits per heavy atom. The van der Waals surface area contributed by atoms with Crippen LogP contribution in [-0.4, -0.2) is 21.8 Å². The van der Waals surface area contributed by atoms with Gasteiger partial charge < -0.3 is 5.11 Å². The zero-order valence-corrected chi connectivity index (χ0v) is 10.4. The molecule has 0 radical (unpaired) electrons. The number of nitro groups is 1. The van der Waals surface area contributed by atoms with Gasteiger partial charge in [-0.2, -0.15) is 0 Å². The Balaban J connectivity index is 2.85. The molecule has 0 heterocycles. The van der Waals surface area contributed by atoms with Crippen LogP contribution in [0.25, 0.3) is 0 Å². The summed E-state index contributed by atoms with van der Waals surface area (Å²) >= 11 is 1.20. The second-order valence-electron chi connectivity index (χ2n) is 3.78. The molecule has 1 N–H and O–H groups in total. The Kier molecular flexibility index (Phi) is 4.51. The molecule has 0 aromatic heterocycles. The van der Waals surface area contributed by atoms with Crippen molar-refractivity contribution in [1.29, 1.82) is 0 Å². The number of carbonyl (C=O) groups is 1. The van der Waals surface area contributed by atoms with Crippen LogP contribution in [0.15, 0.2) is 23.1 Å². The number of hydrogen-bond donors (Lipinski definition) is 1. The van der Waals surface area contributed by atoms with Gasteiger partial charge in [0.2, 0.25) is 0 Å². The molecular formula is C11H13NO4S. The molecule has 0 saturated carbocycles. The van der Waals surface area contributed by atoms with Gasteiger partial charge >= 0.3 is 5.97 Å². The zero-order chi connectivity index (χ0) is 13.0. The molecule has 0 fully saturated rings. The van der Waals surface area contributed by atoms with Crippen molar-refractivity contribution >= 4 is 23.4 Å². The molecule has 1 unspecified atom stereocenters. The van der Waals surface area contributed by atoms with Gasteiger partial charge in [0.1, 0.15) is 0 Å². The van der Waals surface area contributed by atoms with Crippen molar-refractivity contribution in [2.45, 2.75) is 18.7 Å². The number of nitro benzene ring substituents is 1. The van der Waals surface area contributed by atoms with Crippen LogP contribution in [0.5, 0.6) is 0 Å². The number of nitrogens with zero attached hydrogens (tertiary/aromatic N) is 1. The maximum Gasteiger partial charge on any atom is 0.307 e. The molecule has 0 aliphatic carbocycles. The third-order valence-electron chi connectivity index (χ3n) is 2.22. The molecule has 0 amide bonds. The molecule has 5 nitrogen and oxygen atoms in total. The summed E-state index contributed by atoms with van der Waals surface area (Å²) in [6, 6.07) is 4.82. The molecule has 1 rings (SSSR count). The number of thioether (sulfide) groups is 1. The highest BCUT2D eigenvalue weighted by Gasteiger charge is 2.17. The number of rotatable bonds is 5. The van der Waals surface area contributed by atoms with Crippen LogP contribution in [0.4, 0.5) is 5.69 Å². The van der Waals surface area contributed by atoms with Gasteiger partial charge in [-0.25, -0.2) is 0 Å². The van der Waals surface area contributed by atoms with Crippen molar-refractivity contribution in [2.75, 3.05) is 5.75 Å². The van der Waals surface area contributed by atoms with Gasteiger partial charge in [-0.3, -0.25) is 14.9 Å². The molecule has 17 heavy (non-hydrogen) atoms. The Morgan fingerprint density at radius 2 is 2.24 bits per heavy atom. The first kappa shape index (κ1) is 13.5. The van der Waals surface area contributed by atoms with E-state index in [9.17, 15) is 14.9 Å². The van der Waals surface area contributed by atoms with E-state index >= 15 is 0 Å². The van der Waals surface area contributed by atoms with Gasteiger partial charge in [0, 0.05) is 11.8 Å². The number of carboxylic acid groups (broad SMARTS) is 1. The lowest BCUT2D eigenvalue weighted by Crippen LogP contribution is -2.11. The maximum absolute atomic E-state index is 10.8. The van der Waals surface area contributed by atoms with Gasteiger partial charge in [0.05, 0.1) is 15.7 Å². The predicted octanol–water partition coefficient (Wildman–Crippen LogP) is 2.72. The Labute approximate surface area is 103 Å².